The first-order chi connectivity index (χ1) is 23.1. The van der Waals surface area contributed by atoms with Gasteiger partial charge in [-0.15, -0.1) is 65.4 Å². The van der Waals surface area contributed by atoms with Gasteiger partial charge in [-0.3, -0.25) is 0 Å². The molecule has 0 saturated carbocycles. The van der Waals surface area contributed by atoms with Crippen molar-refractivity contribution in [2.24, 2.45) is 0 Å². The Balaban J connectivity index is 0.000000250. The van der Waals surface area contributed by atoms with Crippen LogP contribution in [0.4, 0.5) is 0 Å². The number of nitrogens with zero attached hydrogens (tertiary/aromatic N) is 2. The number of hydrogen-bond acceptors (Lipinski definition) is 4. The molecule has 0 fully saturated rings. The van der Waals surface area contributed by atoms with Gasteiger partial charge in [-0.1, -0.05) is 68.1 Å². The van der Waals surface area contributed by atoms with Crippen LogP contribution < -0.4 is 0 Å². The quantitative estimate of drug-likeness (QED) is 0.166. The zero-order valence-corrected chi connectivity index (χ0v) is 32.1. The van der Waals surface area contributed by atoms with Gasteiger partial charge in [-0.2, -0.15) is 0 Å². The van der Waals surface area contributed by atoms with Crippen LogP contribution in [0.3, 0.4) is 0 Å². The van der Waals surface area contributed by atoms with E-state index in [1.54, 1.807) is 0 Å². The van der Waals surface area contributed by atoms with Gasteiger partial charge < -0.3 is 14.4 Å². The van der Waals surface area contributed by atoms with E-state index < -0.39 is 0 Å². The maximum Gasteiger partial charge on any atom is 0.122 e. The molecule has 5 heteroatoms. The molecule has 4 aromatic heterocycles. The van der Waals surface area contributed by atoms with E-state index in [-0.39, 0.29) is 25.5 Å². The number of thiophene rings is 1. The topological polar surface area (TPSA) is 38.9 Å². The third kappa shape index (κ3) is 6.76. The number of aryl methyl sites for hydroxylation is 4. The summed E-state index contributed by atoms with van der Waals surface area (Å²) in [5, 5.41) is 3.58. The molecule has 0 bridgehead atoms. The predicted molar refractivity (Wildman–Crippen MR) is 203 cm³/mol. The molecular weight excluding hydrogens is 797 g/mol. The predicted octanol–water partition coefficient (Wildman–Crippen LogP) is 12.4. The first-order valence-corrected chi connectivity index (χ1v) is 17.1. The van der Waals surface area contributed by atoms with E-state index in [0.29, 0.717) is 0 Å². The summed E-state index contributed by atoms with van der Waals surface area (Å²) >= 11 is 1.82. The smallest absolute Gasteiger partial charge is 0.122 e. The minimum Gasteiger partial charge on any atom is -0.501 e. The average Bonchev–Trinajstić information content (AvgIpc) is 3.65. The standard InChI is InChI=1S/C32H28NOS.C12H10N.Ir/c1-18-9-7-10-19(2)28(18)24-17-33-26(16-25(24)32(4,5)6)22-11-8-12-23-29-27(34-30(22)23)14-13-21-15-20(3)35-31(21)29;1-10-7-8-12(13-9-10)11-5-3-2-4-6-11;/h7-10,12-17H,1-6H3;2-5,7-9H,1H3;/q2*-1;. The zero-order valence-electron chi connectivity index (χ0n) is 28.9. The second kappa shape index (κ2) is 13.8. The molecule has 0 aliphatic rings. The molecule has 0 spiro atoms. The maximum atomic E-state index is 6.47. The molecule has 3 nitrogen and oxygen atoms in total. The van der Waals surface area contributed by atoms with Gasteiger partial charge in [0.15, 0.2) is 0 Å². The van der Waals surface area contributed by atoms with Crippen molar-refractivity contribution in [3.63, 3.8) is 0 Å². The Morgan fingerprint density at radius 3 is 2.20 bits per heavy atom. The number of fused-ring (bicyclic) bond motifs is 5. The molecule has 0 unspecified atom stereocenters. The Labute approximate surface area is 306 Å². The van der Waals surface area contributed by atoms with Crippen LogP contribution in [-0.4, -0.2) is 9.97 Å². The van der Waals surface area contributed by atoms with E-state index in [0.717, 1.165) is 39.1 Å². The van der Waals surface area contributed by atoms with Gasteiger partial charge in [-0.25, -0.2) is 0 Å². The molecule has 0 aliphatic carbocycles. The monoisotopic (exact) mass is 835 g/mol. The molecule has 4 aromatic carbocycles. The number of aromatic nitrogens is 2. The van der Waals surface area contributed by atoms with Crippen LogP contribution >= 0.6 is 11.3 Å². The van der Waals surface area contributed by atoms with Crippen molar-refractivity contribution < 1.29 is 24.5 Å². The molecule has 0 aliphatic heterocycles. The summed E-state index contributed by atoms with van der Waals surface area (Å²) in [6, 6.07) is 37.9. The van der Waals surface area contributed by atoms with E-state index in [9.17, 15) is 0 Å². The van der Waals surface area contributed by atoms with E-state index >= 15 is 0 Å². The van der Waals surface area contributed by atoms with Crippen LogP contribution in [0, 0.1) is 39.8 Å². The SMILES string of the molecule is Cc1cc2ccc3oc4c(-c5cc(C(C)(C)C)c(-c6c(C)cccc6C)cn5)[c-]ccc4c3c2s1.Cc1ccc(-c2[c-]cccc2)nc1.[Ir]. The first-order valence-electron chi connectivity index (χ1n) is 16.3. The summed E-state index contributed by atoms with van der Waals surface area (Å²) in [4.78, 5) is 10.6. The van der Waals surface area contributed by atoms with Crippen LogP contribution in [0.25, 0.3) is 65.7 Å². The summed E-state index contributed by atoms with van der Waals surface area (Å²) < 4.78 is 7.75. The third-order valence-corrected chi connectivity index (χ3v) is 9.90. The molecule has 247 valence electrons. The van der Waals surface area contributed by atoms with Crippen LogP contribution in [0.15, 0.2) is 108 Å². The second-order valence-electron chi connectivity index (χ2n) is 13.5. The minimum absolute atomic E-state index is 0. The van der Waals surface area contributed by atoms with Crippen LogP contribution in [0.5, 0.6) is 0 Å². The fourth-order valence-corrected chi connectivity index (χ4v) is 7.54. The molecule has 0 N–H and O–H groups in total. The van der Waals surface area contributed by atoms with Gasteiger partial charge in [0, 0.05) is 53.0 Å². The van der Waals surface area contributed by atoms with E-state index in [1.807, 2.05) is 67.1 Å². The largest absolute Gasteiger partial charge is 0.501 e. The van der Waals surface area contributed by atoms with Crippen molar-refractivity contribution in [2.75, 3.05) is 0 Å². The molecule has 49 heavy (non-hydrogen) atoms. The van der Waals surface area contributed by atoms with Crippen molar-refractivity contribution in [2.45, 2.75) is 53.9 Å². The van der Waals surface area contributed by atoms with Crippen molar-refractivity contribution >= 4 is 43.4 Å². The van der Waals surface area contributed by atoms with E-state index in [1.165, 1.54) is 53.7 Å². The normalized spacial score (nSPS) is 11.4. The van der Waals surface area contributed by atoms with Crippen molar-refractivity contribution in [1.29, 1.82) is 0 Å². The Kier molecular flexibility index (Phi) is 9.73. The van der Waals surface area contributed by atoms with Crippen LogP contribution in [0.1, 0.15) is 47.9 Å². The fraction of sp³-hybridized carbons (Fsp3) is 0.182. The van der Waals surface area contributed by atoms with Gasteiger partial charge in [0.1, 0.15) is 5.58 Å². The van der Waals surface area contributed by atoms with Crippen molar-refractivity contribution in [1.82, 2.24) is 9.97 Å². The van der Waals surface area contributed by atoms with Crippen molar-refractivity contribution in [3.8, 4) is 33.6 Å². The van der Waals surface area contributed by atoms with Crippen LogP contribution in [0.2, 0.25) is 0 Å². The first kappa shape index (κ1) is 34.5. The molecule has 0 amide bonds. The second-order valence-corrected chi connectivity index (χ2v) is 14.8. The summed E-state index contributed by atoms with van der Waals surface area (Å²) in [7, 11) is 0. The summed E-state index contributed by atoms with van der Waals surface area (Å²) in [5.74, 6) is 0. The van der Waals surface area contributed by atoms with Crippen molar-refractivity contribution in [3.05, 3.63) is 143 Å². The number of benzene rings is 4. The van der Waals surface area contributed by atoms with Gasteiger partial charge in [0.05, 0.1) is 5.58 Å². The summed E-state index contributed by atoms with van der Waals surface area (Å²) in [6.07, 6.45) is 3.91. The maximum absolute atomic E-state index is 6.47. The molecule has 8 rings (SSSR count). The molecule has 0 saturated heterocycles. The average molecular weight is 835 g/mol. The van der Waals surface area contributed by atoms with Crippen LogP contribution in [-0.2, 0) is 25.5 Å². The van der Waals surface area contributed by atoms with Gasteiger partial charge in [0.2, 0.25) is 0 Å². The Hall–Kier alpha value is -4.41. The third-order valence-electron chi connectivity index (χ3n) is 8.82. The van der Waals surface area contributed by atoms with Gasteiger partial charge >= 0.3 is 0 Å². The summed E-state index contributed by atoms with van der Waals surface area (Å²) in [6.45, 7) is 15.4. The van der Waals surface area contributed by atoms with Gasteiger partial charge in [0.25, 0.3) is 0 Å². The number of furan rings is 1. The Morgan fingerprint density at radius 1 is 0.735 bits per heavy atom. The number of rotatable bonds is 3. The number of hydrogen-bond donors (Lipinski definition) is 0. The van der Waals surface area contributed by atoms with Gasteiger partial charge in [-0.05, 0) is 95.9 Å². The Morgan fingerprint density at radius 2 is 1.51 bits per heavy atom. The molecular formula is C44H38IrN2OS-2. The minimum atomic E-state index is -0.0514. The molecule has 0 atom stereocenters. The zero-order chi connectivity index (χ0) is 33.6. The number of pyridine rings is 2. The molecule has 4 heterocycles. The summed E-state index contributed by atoms with van der Waals surface area (Å²) in [5.41, 5.74) is 13.0. The molecule has 1 radical (unpaired) electrons. The van der Waals surface area contributed by atoms with E-state index in [2.05, 4.69) is 113 Å². The fourth-order valence-electron chi connectivity index (χ4n) is 6.47. The molecule has 8 aromatic rings. The Bertz CT molecular complexity index is 2400. The van der Waals surface area contributed by atoms with E-state index in [4.69, 9.17) is 9.40 Å².